The van der Waals surface area contributed by atoms with Crippen LogP contribution in [0.1, 0.15) is 25.3 Å². The van der Waals surface area contributed by atoms with Crippen molar-refractivity contribution in [3.05, 3.63) is 64.2 Å². The SMILES string of the molecule is CC(C)c1ccc(N(CC(=O)Cl)S(=O)(=O)c2ccccc2[N+](=O)[O-])cc1. The molecule has 0 saturated heterocycles. The fourth-order valence-corrected chi connectivity index (χ4v) is 4.17. The number of hydrogen-bond donors (Lipinski definition) is 0. The maximum Gasteiger partial charge on any atom is 0.289 e. The summed E-state index contributed by atoms with van der Waals surface area (Å²) in [6, 6.07) is 11.5. The van der Waals surface area contributed by atoms with Gasteiger partial charge >= 0.3 is 0 Å². The minimum absolute atomic E-state index is 0.196. The lowest BCUT2D eigenvalue weighted by Crippen LogP contribution is -2.34. The average Bonchev–Trinajstić information content (AvgIpc) is 2.59. The number of carbonyl (C=O) groups excluding carboxylic acids is 1. The topological polar surface area (TPSA) is 97.6 Å². The van der Waals surface area contributed by atoms with E-state index >= 15 is 0 Å². The highest BCUT2D eigenvalue weighted by molar-refractivity contribution is 7.93. The lowest BCUT2D eigenvalue weighted by molar-refractivity contribution is -0.387. The van der Waals surface area contributed by atoms with Gasteiger partial charge in [-0.1, -0.05) is 38.1 Å². The second-order valence-corrected chi connectivity index (χ2v) is 8.09. The van der Waals surface area contributed by atoms with Crippen LogP contribution in [-0.4, -0.2) is 25.1 Å². The van der Waals surface area contributed by atoms with Crippen molar-refractivity contribution in [3.63, 3.8) is 0 Å². The summed E-state index contributed by atoms with van der Waals surface area (Å²) in [6.07, 6.45) is 0. The van der Waals surface area contributed by atoms with Crippen LogP contribution in [0.5, 0.6) is 0 Å². The normalized spacial score (nSPS) is 11.4. The smallest absolute Gasteiger partial charge is 0.279 e. The number of nitro groups is 1. The Labute approximate surface area is 156 Å². The molecule has 2 aromatic carbocycles. The van der Waals surface area contributed by atoms with Crippen LogP contribution >= 0.6 is 11.6 Å². The van der Waals surface area contributed by atoms with Gasteiger partial charge in [0.25, 0.3) is 15.7 Å². The van der Waals surface area contributed by atoms with Crippen molar-refractivity contribution in [3.8, 4) is 0 Å². The summed E-state index contributed by atoms with van der Waals surface area (Å²) < 4.78 is 26.8. The van der Waals surface area contributed by atoms with Gasteiger partial charge in [-0.2, -0.15) is 0 Å². The summed E-state index contributed by atoms with van der Waals surface area (Å²) >= 11 is 5.42. The number of sulfonamides is 1. The second-order valence-electron chi connectivity index (χ2n) is 5.84. The third-order valence-electron chi connectivity index (χ3n) is 3.75. The number of benzene rings is 2. The highest BCUT2D eigenvalue weighted by atomic mass is 35.5. The summed E-state index contributed by atoms with van der Waals surface area (Å²) in [5, 5.41) is 10.3. The zero-order chi connectivity index (χ0) is 19.5. The Bertz CT molecular complexity index is 926. The zero-order valence-electron chi connectivity index (χ0n) is 14.1. The van der Waals surface area contributed by atoms with Crippen LogP contribution in [0.2, 0.25) is 0 Å². The Morgan fingerprint density at radius 1 is 1.15 bits per heavy atom. The minimum Gasteiger partial charge on any atom is -0.279 e. The predicted octanol–water partition coefficient (Wildman–Crippen LogP) is 3.68. The lowest BCUT2D eigenvalue weighted by atomic mass is 10.0. The molecule has 0 aliphatic heterocycles. The van der Waals surface area contributed by atoms with Crippen molar-refractivity contribution in [2.45, 2.75) is 24.7 Å². The zero-order valence-corrected chi connectivity index (χ0v) is 15.7. The van der Waals surface area contributed by atoms with E-state index in [1.165, 1.54) is 12.1 Å². The van der Waals surface area contributed by atoms with Gasteiger partial charge in [0.15, 0.2) is 4.90 Å². The lowest BCUT2D eigenvalue weighted by Gasteiger charge is -2.23. The molecular weight excluding hydrogens is 380 g/mol. The van der Waals surface area contributed by atoms with Gasteiger partial charge in [-0.3, -0.25) is 19.2 Å². The summed E-state index contributed by atoms with van der Waals surface area (Å²) in [4.78, 5) is 21.3. The number of nitrogens with zero attached hydrogens (tertiary/aromatic N) is 2. The van der Waals surface area contributed by atoms with Gasteiger partial charge in [0.05, 0.1) is 10.6 Å². The van der Waals surface area contributed by atoms with Gasteiger partial charge < -0.3 is 0 Å². The Morgan fingerprint density at radius 2 is 1.73 bits per heavy atom. The maximum absolute atomic E-state index is 13.0. The van der Waals surface area contributed by atoms with Gasteiger partial charge in [0.1, 0.15) is 6.54 Å². The molecule has 2 aromatic rings. The van der Waals surface area contributed by atoms with Gasteiger partial charge in [-0.25, -0.2) is 8.42 Å². The van der Waals surface area contributed by atoms with E-state index < -0.39 is 37.3 Å². The highest BCUT2D eigenvalue weighted by Crippen LogP contribution is 2.30. The molecule has 0 heterocycles. The van der Waals surface area contributed by atoms with Crippen molar-refractivity contribution >= 4 is 38.2 Å². The van der Waals surface area contributed by atoms with E-state index in [4.69, 9.17) is 11.6 Å². The molecule has 0 atom stereocenters. The molecule has 0 aromatic heterocycles. The van der Waals surface area contributed by atoms with Gasteiger partial charge in [0, 0.05) is 6.07 Å². The van der Waals surface area contributed by atoms with Crippen molar-refractivity contribution in [2.75, 3.05) is 10.8 Å². The highest BCUT2D eigenvalue weighted by Gasteiger charge is 2.32. The molecule has 0 fully saturated rings. The Morgan fingerprint density at radius 3 is 2.23 bits per heavy atom. The number of nitro benzene ring substituents is 1. The van der Waals surface area contributed by atoms with Crippen LogP contribution in [0, 0.1) is 10.1 Å². The molecule has 0 aliphatic rings. The fourth-order valence-electron chi connectivity index (χ4n) is 2.40. The van der Waals surface area contributed by atoms with Crippen molar-refractivity contribution < 1.29 is 18.1 Å². The van der Waals surface area contributed by atoms with E-state index in [0.717, 1.165) is 22.0 Å². The maximum atomic E-state index is 13.0. The van der Waals surface area contributed by atoms with Crippen molar-refractivity contribution in [1.82, 2.24) is 0 Å². The van der Waals surface area contributed by atoms with E-state index in [1.54, 1.807) is 24.3 Å². The van der Waals surface area contributed by atoms with E-state index in [0.29, 0.717) is 0 Å². The average molecular weight is 397 g/mol. The van der Waals surface area contributed by atoms with Gasteiger partial charge in [-0.05, 0) is 41.3 Å². The third kappa shape index (κ3) is 4.20. The fraction of sp³-hybridized carbons (Fsp3) is 0.235. The van der Waals surface area contributed by atoms with E-state index in [9.17, 15) is 23.3 Å². The molecule has 0 unspecified atom stereocenters. The summed E-state index contributed by atoms with van der Waals surface area (Å²) in [5.74, 6) is 0.235. The van der Waals surface area contributed by atoms with Crippen LogP contribution in [0.25, 0.3) is 0 Å². The number of rotatable bonds is 7. The van der Waals surface area contributed by atoms with Crippen LogP contribution < -0.4 is 4.31 Å². The largest absolute Gasteiger partial charge is 0.289 e. The molecular formula is C17H17ClN2O5S. The first-order chi connectivity index (χ1) is 12.1. The molecule has 0 N–H and O–H groups in total. The molecule has 2 rings (SSSR count). The molecule has 0 saturated carbocycles. The van der Waals surface area contributed by atoms with Crippen LogP contribution in [0.3, 0.4) is 0 Å². The molecule has 0 spiro atoms. The molecule has 138 valence electrons. The quantitative estimate of drug-likeness (QED) is 0.404. The van der Waals surface area contributed by atoms with Crippen LogP contribution in [-0.2, 0) is 14.8 Å². The Hall–Kier alpha value is -2.45. The summed E-state index contributed by atoms with van der Waals surface area (Å²) in [6.45, 7) is 3.33. The number of anilines is 1. The number of halogens is 1. The first-order valence-corrected chi connectivity index (χ1v) is 9.51. The molecule has 26 heavy (non-hydrogen) atoms. The molecule has 0 bridgehead atoms. The van der Waals surface area contributed by atoms with Gasteiger partial charge in [-0.15, -0.1) is 0 Å². The standard InChI is InChI=1S/C17H17ClN2O5S/c1-12(2)13-7-9-14(10-8-13)19(11-17(18)21)26(24,25)16-6-4-3-5-15(16)20(22)23/h3-10,12H,11H2,1-2H3. The first-order valence-electron chi connectivity index (χ1n) is 7.69. The van der Waals surface area contributed by atoms with Gasteiger partial charge in [0.2, 0.25) is 5.24 Å². The van der Waals surface area contributed by atoms with Crippen LogP contribution in [0.15, 0.2) is 53.4 Å². The molecule has 0 radical (unpaired) electrons. The van der Waals surface area contributed by atoms with E-state index in [-0.39, 0.29) is 11.6 Å². The third-order valence-corrected chi connectivity index (χ3v) is 5.69. The summed E-state index contributed by atoms with van der Waals surface area (Å²) in [5.41, 5.74) is 0.605. The van der Waals surface area contributed by atoms with Crippen molar-refractivity contribution in [2.24, 2.45) is 0 Å². The summed E-state index contributed by atoms with van der Waals surface area (Å²) in [7, 11) is -4.37. The Balaban J connectivity index is 2.59. The Kier molecular flexibility index (Phi) is 5.99. The van der Waals surface area contributed by atoms with E-state index in [1.807, 2.05) is 13.8 Å². The number of carbonyl (C=O) groups is 1. The monoisotopic (exact) mass is 396 g/mol. The molecule has 0 aliphatic carbocycles. The molecule has 7 nitrogen and oxygen atoms in total. The van der Waals surface area contributed by atoms with Crippen LogP contribution in [0.4, 0.5) is 11.4 Å². The molecule has 0 amide bonds. The van der Waals surface area contributed by atoms with Crippen molar-refractivity contribution in [1.29, 1.82) is 0 Å². The second kappa shape index (κ2) is 7.84. The first kappa shape index (κ1) is 19.9. The number of hydrogen-bond acceptors (Lipinski definition) is 5. The number of para-hydroxylation sites is 1. The predicted molar refractivity (Wildman–Crippen MR) is 99.0 cm³/mol. The van der Waals surface area contributed by atoms with E-state index in [2.05, 4.69) is 0 Å². The molecule has 9 heteroatoms. The minimum atomic E-state index is -4.37.